The van der Waals surface area contributed by atoms with E-state index < -0.39 is 0 Å². The maximum absolute atomic E-state index is 5.92. The van der Waals surface area contributed by atoms with Gasteiger partial charge in [0.15, 0.2) is 5.65 Å². The van der Waals surface area contributed by atoms with Crippen molar-refractivity contribution in [3.05, 3.63) is 41.1 Å². The number of alkyl halides is 1. The number of halogens is 1. The topological polar surface area (TPSA) is 48.5 Å². The second-order valence-electron chi connectivity index (χ2n) is 5.23. The molecule has 0 saturated carbocycles. The minimum Gasteiger partial charge on any atom is -0.308 e. The number of hydrogen-bond acceptors (Lipinski definition) is 3. The normalized spacial score (nSPS) is 11.4. The van der Waals surface area contributed by atoms with Gasteiger partial charge in [-0.15, -0.1) is 11.6 Å². The second-order valence-corrected chi connectivity index (χ2v) is 5.61. The molecule has 0 aliphatic rings. The molecule has 3 aromatic rings. The third-order valence-corrected chi connectivity index (χ3v) is 4.09. The third-order valence-electron chi connectivity index (χ3n) is 3.90. The zero-order valence-corrected chi connectivity index (χ0v) is 13.2. The standard InChI is InChI=1S/C15H18ClN5/c1-10-5-7-17-15-14(10)19-13(4-6-16)21(15)9-12-8-18-20(3)11(12)2/h5,7-8H,4,6,9H2,1-3H3. The van der Waals surface area contributed by atoms with Crippen molar-refractivity contribution in [1.82, 2.24) is 24.3 Å². The largest absolute Gasteiger partial charge is 0.308 e. The van der Waals surface area contributed by atoms with E-state index in [1.807, 2.05) is 30.2 Å². The second kappa shape index (κ2) is 5.48. The summed E-state index contributed by atoms with van der Waals surface area (Å²) in [4.78, 5) is 9.23. The molecule has 0 saturated heterocycles. The first-order valence-electron chi connectivity index (χ1n) is 6.96. The fraction of sp³-hybridized carbons (Fsp3) is 0.400. The van der Waals surface area contributed by atoms with Gasteiger partial charge in [-0.2, -0.15) is 5.10 Å². The Kier molecular flexibility index (Phi) is 3.68. The number of aryl methyl sites for hydroxylation is 3. The average molecular weight is 304 g/mol. The molecule has 6 heteroatoms. The summed E-state index contributed by atoms with van der Waals surface area (Å²) in [6.45, 7) is 4.85. The number of imidazole rings is 1. The molecule has 3 rings (SSSR count). The molecule has 0 aromatic carbocycles. The van der Waals surface area contributed by atoms with E-state index in [9.17, 15) is 0 Å². The van der Waals surface area contributed by atoms with Crippen LogP contribution in [0.1, 0.15) is 22.6 Å². The Labute approximate surface area is 128 Å². The number of hydrogen-bond donors (Lipinski definition) is 0. The maximum Gasteiger partial charge on any atom is 0.160 e. The summed E-state index contributed by atoms with van der Waals surface area (Å²) in [6, 6.07) is 1.99. The van der Waals surface area contributed by atoms with Crippen LogP contribution in [-0.4, -0.2) is 30.2 Å². The summed E-state index contributed by atoms with van der Waals surface area (Å²) in [5, 5.41) is 4.31. The van der Waals surface area contributed by atoms with Gasteiger partial charge in [0.1, 0.15) is 11.3 Å². The number of aromatic nitrogens is 5. The van der Waals surface area contributed by atoms with Crippen LogP contribution in [0, 0.1) is 13.8 Å². The lowest BCUT2D eigenvalue weighted by Gasteiger charge is -2.07. The molecule has 0 bridgehead atoms. The molecule has 3 heterocycles. The third kappa shape index (κ3) is 2.42. The van der Waals surface area contributed by atoms with Crippen LogP contribution in [0.4, 0.5) is 0 Å². The molecule has 0 fully saturated rings. The monoisotopic (exact) mass is 303 g/mol. The van der Waals surface area contributed by atoms with Crippen LogP contribution in [0.5, 0.6) is 0 Å². The summed E-state index contributed by atoms with van der Waals surface area (Å²) in [7, 11) is 1.95. The number of rotatable bonds is 4. The Morgan fingerprint density at radius 2 is 2.10 bits per heavy atom. The van der Waals surface area contributed by atoms with Gasteiger partial charge in [0.2, 0.25) is 0 Å². The molecule has 0 atom stereocenters. The van der Waals surface area contributed by atoms with E-state index in [4.69, 9.17) is 16.6 Å². The molecule has 3 aromatic heterocycles. The van der Waals surface area contributed by atoms with E-state index in [1.165, 1.54) is 5.56 Å². The molecular formula is C15H18ClN5. The van der Waals surface area contributed by atoms with Gasteiger partial charge >= 0.3 is 0 Å². The van der Waals surface area contributed by atoms with Crippen LogP contribution in [0.25, 0.3) is 11.2 Å². The van der Waals surface area contributed by atoms with Gasteiger partial charge in [-0.25, -0.2) is 9.97 Å². The average Bonchev–Trinajstić information content (AvgIpc) is 2.97. The molecule has 0 unspecified atom stereocenters. The predicted octanol–water partition coefficient (Wildman–Crippen LogP) is 2.61. The molecule has 0 aliphatic heterocycles. The molecule has 21 heavy (non-hydrogen) atoms. The SMILES string of the molecule is Cc1ccnc2c1nc(CCCl)n2Cc1cnn(C)c1C. The maximum atomic E-state index is 5.92. The van der Waals surface area contributed by atoms with Crippen molar-refractivity contribution in [2.75, 3.05) is 5.88 Å². The van der Waals surface area contributed by atoms with E-state index in [2.05, 4.69) is 28.5 Å². The van der Waals surface area contributed by atoms with Gasteiger partial charge in [-0.1, -0.05) is 0 Å². The van der Waals surface area contributed by atoms with E-state index in [0.717, 1.165) is 41.2 Å². The highest BCUT2D eigenvalue weighted by Crippen LogP contribution is 2.20. The molecule has 0 N–H and O–H groups in total. The molecule has 0 amide bonds. The lowest BCUT2D eigenvalue weighted by molar-refractivity contribution is 0.722. The summed E-state index contributed by atoms with van der Waals surface area (Å²) >= 11 is 5.92. The van der Waals surface area contributed by atoms with Crippen molar-refractivity contribution >= 4 is 22.8 Å². The van der Waals surface area contributed by atoms with Crippen LogP contribution >= 0.6 is 11.6 Å². The van der Waals surface area contributed by atoms with Crippen LogP contribution in [0.3, 0.4) is 0 Å². The zero-order chi connectivity index (χ0) is 15.0. The van der Waals surface area contributed by atoms with Crippen LogP contribution in [0.2, 0.25) is 0 Å². The fourth-order valence-corrected chi connectivity index (χ4v) is 2.66. The molecule has 0 spiro atoms. The van der Waals surface area contributed by atoms with Crippen LogP contribution in [0.15, 0.2) is 18.5 Å². The van der Waals surface area contributed by atoms with E-state index in [0.29, 0.717) is 5.88 Å². The van der Waals surface area contributed by atoms with Gasteiger partial charge in [0.05, 0.1) is 12.7 Å². The lowest BCUT2D eigenvalue weighted by Crippen LogP contribution is -2.07. The quantitative estimate of drug-likeness (QED) is 0.696. The van der Waals surface area contributed by atoms with Crippen LogP contribution < -0.4 is 0 Å². The molecule has 0 aliphatic carbocycles. The Morgan fingerprint density at radius 1 is 1.29 bits per heavy atom. The Bertz CT molecular complexity index is 787. The van der Waals surface area contributed by atoms with Crippen molar-refractivity contribution < 1.29 is 0 Å². The highest BCUT2D eigenvalue weighted by molar-refractivity contribution is 6.17. The first kappa shape index (κ1) is 14.1. The summed E-state index contributed by atoms with van der Waals surface area (Å²) in [5.41, 5.74) is 5.34. The van der Waals surface area contributed by atoms with Crippen molar-refractivity contribution in [3.8, 4) is 0 Å². The highest BCUT2D eigenvalue weighted by Gasteiger charge is 2.15. The molecule has 5 nitrogen and oxygen atoms in total. The smallest absolute Gasteiger partial charge is 0.160 e. The summed E-state index contributed by atoms with van der Waals surface area (Å²) in [5.74, 6) is 1.53. The first-order valence-corrected chi connectivity index (χ1v) is 7.49. The van der Waals surface area contributed by atoms with Gasteiger partial charge in [0, 0.05) is 36.8 Å². The molecular weight excluding hydrogens is 286 g/mol. The van der Waals surface area contributed by atoms with Gasteiger partial charge < -0.3 is 4.57 Å². The zero-order valence-electron chi connectivity index (χ0n) is 12.5. The van der Waals surface area contributed by atoms with E-state index in [1.54, 1.807) is 0 Å². The van der Waals surface area contributed by atoms with Gasteiger partial charge in [-0.3, -0.25) is 4.68 Å². The van der Waals surface area contributed by atoms with Gasteiger partial charge in [-0.05, 0) is 25.5 Å². The van der Waals surface area contributed by atoms with Crippen molar-refractivity contribution in [2.45, 2.75) is 26.8 Å². The summed E-state index contributed by atoms with van der Waals surface area (Å²) in [6.07, 6.45) is 4.47. The summed E-state index contributed by atoms with van der Waals surface area (Å²) < 4.78 is 4.03. The Morgan fingerprint density at radius 3 is 2.76 bits per heavy atom. The number of nitrogens with zero attached hydrogens (tertiary/aromatic N) is 5. The van der Waals surface area contributed by atoms with Gasteiger partial charge in [0.25, 0.3) is 0 Å². The number of pyridine rings is 1. The fourth-order valence-electron chi connectivity index (χ4n) is 2.49. The predicted molar refractivity (Wildman–Crippen MR) is 83.7 cm³/mol. The first-order chi connectivity index (χ1) is 10.1. The number of fused-ring (bicyclic) bond motifs is 1. The van der Waals surface area contributed by atoms with Crippen LogP contribution in [-0.2, 0) is 20.0 Å². The van der Waals surface area contributed by atoms with Crippen molar-refractivity contribution in [1.29, 1.82) is 0 Å². The van der Waals surface area contributed by atoms with Crippen molar-refractivity contribution in [2.24, 2.45) is 7.05 Å². The minimum atomic E-state index is 0.550. The Hall–Kier alpha value is -1.88. The Balaban J connectivity index is 2.13. The lowest BCUT2D eigenvalue weighted by atomic mass is 10.2. The molecule has 110 valence electrons. The van der Waals surface area contributed by atoms with E-state index in [-0.39, 0.29) is 0 Å². The van der Waals surface area contributed by atoms with E-state index >= 15 is 0 Å². The highest BCUT2D eigenvalue weighted by atomic mass is 35.5. The van der Waals surface area contributed by atoms with Crippen molar-refractivity contribution in [3.63, 3.8) is 0 Å². The minimum absolute atomic E-state index is 0.550. The molecule has 0 radical (unpaired) electrons.